The number of nitrogens with zero attached hydrogens (tertiary/aromatic N) is 2. The number of aromatic amines is 1. The van der Waals surface area contributed by atoms with Gasteiger partial charge in [0, 0.05) is 36.2 Å². The molecule has 3 aromatic heterocycles. The zero-order valence-corrected chi connectivity index (χ0v) is 16.3. The van der Waals surface area contributed by atoms with Gasteiger partial charge in [0.25, 0.3) is 11.5 Å². The fourth-order valence-corrected chi connectivity index (χ4v) is 4.09. The fourth-order valence-electron chi connectivity index (χ4n) is 4.09. The first kappa shape index (κ1) is 19.4. The number of hydrogen-bond donors (Lipinski definition) is 1. The molecular weight excluding hydrogens is 411 g/mol. The molecule has 4 heterocycles. The van der Waals surface area contributed by atoms with Crippen LogP contribution in [0.15, 0.2) is 47.5 Å². The number of hydrogen-bond acceptors (Lipinski definition) is 3. The summed E-state index contributed by atoms with van der Waals surface area (Å²) < 4.78 is 48.4. The summed E-state index contributed by atoms with van der Waals surface area (Å²) in [6.07, 6.45) is 3.09. The van der Waals surface area contributed by atoms with E-state index in [2.05, 4.69) is 4.98 Å². The highest BCUT2D eigenvalue weighted by Crippen LogP contribution is 2.34. The quantitative estimate of drug-likeness (QED) is 0.532. The summed E-state index contributed by atoms with van der Waals surface area (Å²) in [7, 11) is 1.56. The molecule has 0 radical (unpaired) electrons. The lowest BCUT2D eigenvalue weighted by Crippen LogP contribution is -2.37. The van der Waals surface area contributed by atoms with Gasteiger partial charge < -0.3 is 19.0 Å². The lowest BCUT2D eigenvalue weighted by Gasteiger charge is -2.33. The topological polar surface area (TPSA) is 66.8 Å². The molecule has 1 aromatic carbocycles. The minimum atomic E-state index is -1.13. The smallest absolute Gasteiger partial charge is 0.256 e. The van der Waals surface area contributed by atoms with Crippen molar-refractivity contribution in [2.75, 3.05) is 13.7 Å². The molecule has 0 fully saturated rings. The molecule has 0 aliphatic carbocycles. The molecule has 1 unspecified atom stereocenters. The van der Waals surface area contributed by atoms with Crippen LogP contribution in [0.1, 0.15) is 27.7 Å². The molecule has 0 saturated heterocycles. The second kappa shape index (κ2) is 6.98. The highest BCUT2D eigenvalue weighted by molar-refractivity contribution is 5.96. The number of fused-ring (bicyclic) bond motifs is 4. The molecule has 1 aliphatic heterocycles. The van der Waals surface area contributed by atoms with Gasteiger partial charge in [0.2, 0.25) is 0 Å². The molecule has 1 aliphatic rings. The van der Waals surface area contributed by atoms with Crippen LogP contribution >= 0.6 is 0 Å². The van der Waals surface area contributed by atoms with Crippen LogP contribution < -0.4 is 5.56 Å². The minimum Gasteiger partial charge on any atom is -0.373 e. The maximum atomic E-state index is 14.0. The van der Waals surface area contributed by atoms with Gasteiger partial charge in [-0.2, -0.15) is 0 Å². The summed E-state index contributed by atoms with van der Waals surface area (Å²) in [5.74, 6) is -3.00. The Morgan fingerprint density at radius 2 is 1.90 bits per heavy atom. The van der Waals surface area contributed by atoms with Gasteiger partial charge in [0.15, 0.2) is 11.6 Å². The van der Waals surface area contributed by atoms with E-state index in [9.17, 15) is 22.8 Å². The molecule has 9 heteroatoms. The van der Waals surface area contributed by atoms with E-state index in [1.807, 2.05) is 0 Å². The summed E-state index contributed by atoms with van der Waals surface area (Å²) in [6.45, 7) is 0.185. The average molecular weight is 427 g/mol. The van der Waals surface area contributed by atoms with E-state index < -0.39 is 29.1 Å². The highest BCUT2D eigenvalue weighted by atomic mass is 19.2. The third kappa shape index (κ3) is 3.09. The first-order chi connectivity index (χ1) is 14.8. The first-order valence-corrected chi connectivity index (χ1v) is 9.49. The van der Waals surface area contributed by atoms with Crippen LogP contribution in [-0.4, -0.2) is 33.8 Å². The van der Waals surface area contributed by atoms with E-state index in [-0.39, 0.29) is 29.9 Å². The summed E-state index contributed by atoms with van der Waals surface area (Å²) in [5.41, 5.74) is 1.19. The molecule has 31 heavy (non-hydrogen) atoms. The van der Waals surface area contributed by atoms with Crippen molar-refractivity contribution in [2.45, 2.75) is 12.6 Å². The van der Waals surface area contributed by atoms with Crippen molar-refractivity contribution in [3.63, 3.8) is 0 Å². The Kier molecular flexibility index (Phi) is 4.37. The van der Waals surface area contributed by atoms with E-state index in [0.29, 0.717) is 22.3 Å². The van der Waals surface area contributed by atoms with Crippen LogP contribution in [0.25, 0.3) is 16.3 Å². The number of rotatable bonds is 2. The van der Waals surface area contributed by atoms with Crippen LogP contribution in [0, 0.1) is 17.5 Å². The molecule has 1 N–H and O–H groups in total. The van der Waals surface area contributed by atoms with E-state index in [0.717, 1.165) is 12.1 Å². The lowest BCUT2D eigenvalue weighted by molar-refractivity contribution is 0.0336. The van der Waals surface area contributed by atoms with Gasteiger partial charge in [-0.25, -0.2) is 13.2 Å². The van der Waals surface area contributed by atoms with Crippen molar-refractivity contribution in [3.8, 4) is 0 Å². The lowest BCUT2D eigenvalue weighted by atomic mass is 9.95. The maximum absolute atomic E-state index is 14.0. The number of ether oxygens (including phenoxy) is 1. The predicted molar refractivity (Wildman–Crippen MR) is 106 cm³/mol. The first-order valence-electron chi connectivity index (χ1n) is 9.49. The number of carbonyl (C=O) groups excluding carboxylic acids is 1. The molecule has 1 amide bonds. The van der Waals surface area contributed by atoms with Gasteiger partial charge in [0.05, 0.1) is 30.2 Å². The normalized spacial score (nSPS) is 15.9. The SMILES string of the molecule is CN(C(=O)c1cc2cc(F)ccn2c1)C1COCc2[nH]c(=O)c3cc(F)c(F)cc3c21. The van der Waals surface area contributed by atoms with Crippen molar-refractivity contribution in [1.29, 1.82) is 0 Å². The van der Waals surface area contributed by atoms with Crippen LogP contribution in [0.4, 0.5) is 13.2 Å². The van der Waals surface area contributed by atoms with Crippen molar-refractivity contribution in [2.24, 2.45) is 0 Å². The van der Waals surface area contributed by atoms with Gasteiger partial charge in [-0.05, 0) is 35.7 Å². The molecule has 5 rings (SSSR count). The Morgan fingerprint density at radius 1 is 1.16 bits per heavy atom. The summed E-state index contributed by atoms with van der Waals surface area (Å²) in [4.78, 5) is 29.6. The molecule has 0 bridgehead atoms. The van der Waals surface area contributed by atoms with Crippen LogP contribution in [-0.2, 0) is 11.3 Å². The summed E-state index contributed by atoms with van der Waals surface area (Å²) in [5, 5.41) is 0.227. The number of benzene rings is 1. The van der Waals surface area contributed by atoms with Crippen molar-refractivity contribution < 1.29 is 22.7 Å². The number of pyridine rings is 2. The van der Waals surface area contributed by atoms with E-state index in [1.54, 1.807) is 23.7 Å². The molecular formula is C22H16F3N3O3. The van der Waals surface area contributed by atoms with E-state index >= 15 is 0 Å². The van der Waals surface area contributed by atoms with Crippen LogP contribution in [0.5, 0.6) is 0 Å². The Hall–Kier alpha value is -3.59. The van der Waals surface area contributed by atoms with Crippen molar-refractivity contribution in [3.05, 3.63) is 87.4 Å². The van der Waals surface area contributed by atoms with Crippen LogP contribution in [0.3, 0.4) is 0 Å². The maximum Gasteiger partial charge on any atom is 0.256 e. The number of carbonyl (C=O) groups is 1. The number of halogens is 3. The van der Waals surface area contributed by atoms with Gasteiger partial charge >= 0.3 is 0 Å². The molecule has 4 aromatic rings. The summed E-state index contributed by atoms with van der Waals surface area (Å²) >= 11 is 0. The Balaban J connectivity index is 1.61. The number of H-pyrrole nitrogens is 1. The van der Waals surface area contributed by atoms with Crippen molar-refractivity contribution >= 4 is 22.2 Å². The minimum absolute atomic E-state index is 0.00419. The Labute approximate surface area is 173 Å². The Morgan fingerprint density at radius 3 is 2.68 bits per heavy atom. The fraction of sp³-hybridized carbons (Fsp3) is 0.182. The largest absolute Gasteiger partial charge is 0.373 e. The number of likely N-dealkylation sites (N-methyl/N-ethyl adjacent to an activating group) is 1. The van der Waals surface area contributed by atoms with Gasteiger partial charge in [-0.1, -0.05) is 0 Å². The summed E-state index contributed by atoms with van der Waals surface area (Å²) in [6, 6.07) is 5.34. The van der Waals surface area contributed by atoms with E-state index in [4.69, 9.17) is 4.74 Å². The number of aromatic nitrogens is 2. The third-order valence-corrected chi connectivity index (χ3v) is 5.63. The Bertz CT molecular complexity index is 1430. The number of nitrogens with one attached hydrogen (secondary N) is 1. The molecule has 158 valence electrons. The highest BCUT2D eigenvalue weighted by Gasteiger charge is 2.31. The van der Waals surface area contributed by atoms with Gasteiger partial charge in [-0.15, -0.1) is 0 Å². The monoisotopic (exact) mass is 427 g/mol. The van der Waals surface area contributed by atoms with E-state index in [1.165, 1.54) is 23.2 Å². The molecule has 6 nitrogen and oxygen atoms in total. The molecule has 0 saturated carbocycles. The van der Waals surface area contributed by atoms with Gasteiger partial charge in [0.1, 0.15) is 5.82 Å². The zero-order valence-electron chi connectivity index (χ0n) is 16.3. The predicted octanol–water partition coefficient (Wildman–Crippen LogP) is 3.54. The van der Waals surface area contributed by atoms with Crippen LogP contribution in [0.2, 0.25) is 0 Å². The zero-order chi connectivity index (χ0) is 21.9. The second-order valence-corrected chi connectivity index (χ2v) is 7.51. The van der Waals surface area contributed by atoms with Crippen molar-refractivity contribution in [1.82, 2.24) is 14.3 Å². The third-order valence-electron chi connectivity index (χ3n) is 5.63. The van der Waals surface area contributed by atoms with Gasteiger partial charge in [-0.3, -0.25) is 9.59 Å². The standard InChI is InChI=1S/C22H16F3N3O3/c1-27(22(30)11-4-13-5-12(23)2-3-28(13)8-11)19-10-31-9-18-20(19)14-6-16(24)17(25)7-15(14)21(29)26-18/h2-8,19H,9-10H2,1H3,(H,26,29). The number of amides is 1. The average Bonchev–Trinajstić information content (AvgIpc) is 3.17. The molecule has 0 spiro atoms. The second-order valence-electron chi connectivity index (χ2n) is 7.51. The molecule has 1 atom stereocenters.